The highest BCUT2D eigenvalue weighted by atomic mass is 16.5. The van der Waals surface area contributed by atoms with Crippen molar-refractivity contribution < 1.29 is 9.53 Å². The van der Waals surface area contributed by atoms with E-state index in [1.165, 1.54) is 32.4 Å². The Balaban J connectivity index is 1.77. The van der Waals surface area contributed by atoms with Crippen LogP contribution in [0.15, 0.2) is 0 Å². The molecule has 2 rings (SSSR count). The van der Waals surface area contributed by atoms with Gasteiger partial charge < -0.3 is 15.0 Å². The minimum absolute atomic E-state index is 0.0715. The van der Waals surface area contributed by atoms with E-state index in [4.69, 9.17) is 4.74 Å². The molecule has 1 heterocycles. The van der Waals surface area contributed by atoms with Crippen molar-refractivity contribution in [2.24, 2.45) is 11.8 Å². The minimum Gasteiger partial charge on any atom is -0.465 e. The lowest BCUT2D eigenvalue weighted by atomic mass is 9.88. The molecule has 0 spiro atoms. The second-order valence-corrected chi connectivity index (χ2v) is 6.58. The quantitative estimate of drug-likeness (QED) is 0.726. The minimum atomic E-state index is -0.114. The van der Waals surface area contributed by atoms with Crippen LogP contribution in [-0.4, -0.2) is 49.2 Å². The first-order valence-corrected chi connectivity index (χ1v) is 8.25. The lowest BCUT2D eigenvalue weighted by Gasteiger charge is -2.35. The summed E-state index contributed by atoms with van der Waals surface area (Å²) in [5.74, 6) is 1.52. The molecule has 1 N–H and O–H groups in total. The van der Waals surface area contributed by atoms with Gasteiger partial charge in [-0.1, -0.05) is 13.8 Å². The first kappa shape index (κ1) is 15.8. The van der Waals surface area contributed by atoms with Crippen molar-refractivity contribution in [2.75, 3.05) is 26.2 Å². The van der Waals surface area contributed by atoms with E-state index >= 15 is 0 Å². The molecule has 4 nitrogen and oxygen atoms in total. The number of hydrogen-bond acceptors (Lipinski definition) is 4. The average Bonchev–Trinajstić information content (AvgIpc) is 3.22. The van der Waals surface area contributed by atoms with Crippen molar-refractivity contribution in [1.29, 1.82) is 0 Å². The highest BCUT2D eigenvalue weighted by Crippen LogP contribution is 2.23. The van der Waals surface area contributed by atoms with Gasteiger partial charge in [0.25, 0.3) is 0 Å². The molecule has 0 radical (unpaired) electrons. The van der Waals surface area contributed by atoms with Gasteiger partial charge in [-0.15, -0.1) is 0 Å². The van der Waals surface area contributed by atoms with Crippen LogP contribution >= 0.6 is 0 Å². The van der Waals surface area contributed by atoms with Crippen LogP contribution in [-0.2, 0) is 9.53 Å². The van der Waals surface area contributed by atoms with Gasteiger partial charge in [0.1, 0.15) is 6.04 Å². The number of rotatable bonds is 7. The number of carbonyl (C=O) groups is 1. The molecule has 0 aromatic carbocycles. The van der Waals surface area contributed by atoms with Crippen LogP contribution in [0.1, 0.15) is 46.5 Å². The van der Waals surface area contributed by atoms with Gasteiger partial charge in [0, 0.05) is 19.1 Å². The van der Waals surface area contributed by atoms with Gasteiger partial charge in [-0.05, 0) is 51.0 Å². The molecule has 1 saturated carbocycles. The van der Waals surface area contributed by atoms with Crippen molar-refractivity contribution in [3.63, 3.8) is 0 Å². The van der Waals surface area contributed by atoms with Gasteiger partial charge >= 0.3 is 5.97 Å². The predicted octanol–water partition coefficient (Wildman–Crippen LogP) is 2.04. The Labute approximate surface area is 123 Å². The van der Waals surface area contributed by atoms with Crippen LogP contribution in [0.3, 0.4) is 0 Å². The van der Waals surface area contributed by atoms with E-state index < -0.39 is 0 Å². The van der Waals surface area contributed by atoms with E-state index in [1.807, 2.05) is 6.92 Å². The van der Waals surface area contributed by atoms with Crippen molar-refractivity contribution in [3.05, 3.63) is 0 Å². The summed E-state index contributed by atoms with van der Waals surface area (Å²) in [6.07, 6.45) is 4.56. The average molecular weight is 282 g/mol. The summed E-state index contributed by atoms with van der Waals surface area (Å²) in [4.78, 5) is 14.5. The van der Waals surface area contributed by atoms with E-state index in [0.717, 1.165) is 24.8 Å². The Bertz CT molecular complexity index is 318. The summed E-state index contributed by atoms with van der Waals surface area (Å²) in [5, 5.41) is 3.43. The van der Waals surface area contributed by atoms with Crippen LogP contribution < -0.4 is 5.32 Å². The van der Waals surface area contributed by atoms with Gasteiger partial charge in [0.15, 0.2) is 0 Å². The molecular formula is C16H30N2O2. The Kier molecular flexibility index (Phi) is 5.85. The molecule has 4 heteroatoms. The molecule has 0 amide bonds. The van der Waals surface area contributed by atoms with E-state index in [9.17, 15) is 4.79 Å². The molecule has 116 valence electrons. The number of piperidine rings is 1. The maximum absolute atomic E-state index is 12.0. The standard InChI is InChI=1S/C16H30N2O2/c1-4-20-16(19)15(17-14-5-6-14)8-10-18-9-7-12(2)13(3)11-18/h12-15,17H,4-11H2,1-3H3. The third-order valence-electron chi connectivity index (χ3n) is 4.74. The molecular weight excluding hydrogens is 252 g/mol. The number of esters is 1. The highest BCUT2D eigenvalue weighted by Gasteiger charge is 2.30. The molecule has 1 aliphatic carbocycles. The number of carbonyl (C=O) groups excluding carboxylic acids is 1. The van der Waals surface area contributed by atoms with Crippen molar-refractivity contribution in [2.45, 2.75) is 58.5 Å². The summed E-state index contributed by atoms with van der Waals surface area (Å²) in [7, 11) is 0. The second-order valence-electron chi connectivity index (χ2n) is 6.58. The molecule has 0 aromatic rings. The molecule has 0 aromatic heterocycles. The highest BCUT2D eigenvalue weighted by molar-refractivity contribution is 5.75. The smallest absolute Gasteiger partial charge is 0.323 e. The maximum atomic E-state index is 12.0. The summed E-state index contributed by atoms with van der Waals surface area (Å²) in [6.45, 7) is 10.4. The van der Waals surface area contributed by atoms with Gasteiger partial charge in [0.05, 0.1) is 6.61 Å². The van der Waals surface area contributed by atoms with E-state index in [-0.39, 0.29) is 12.0 Å². The Morgan fingerprint density at radius 1 is 1.30 bits per heavy atom. The van der Waals surface area contributed by atoms with E-state index in [0.29, 0.717) is 12.6 Å². The fraction of sp³-hybridized carbons (Fsp3) is 0.938. The molecule has 20 heavy (non-hydrogen) atoms. The lowest BCUT2D eigenvalue weighted by Crippen LogP contribution is -2.44. The zero-order valence-electron chi connectivity index (χ0n) is 13.2. The van der Waals surface area contributed by atoms with E-state index in [1.54, 1.807) is 0 Å². The largest absolute Gasteiger partial charge is 0.465 e. The fourth-order valence-corrected chi connectivity index (χ4v) is 2.91. The van der Waals surface area contributed by atoms with Gasteiger partial charge in [-0.2, -0.15) is 0 Å². The first-order chi connectivity index (χ1) is 9.60. The van der Waals surface area contributed by atoms with Crippen molar-refractivity contribution >= 4 is 5.97 Å². The first-order valence-electron chi connectivity index (χ1n) is 8.25. The molecule has 1 saturated heterocycles. The molecule has 3 atom stereocenters. The van der Waals surface area contributed by atoms with Crippen LogP contribution in [0.5, 0.6) is 0 Å². The molecule has 2 fully saturated rings. The number of likely N-dealkylation sites (tertiary alicyclic amines) is 1. The molecule has 0 bridgehead atoms. The second kappa shape index (κ2) is 7.41. The van der Waals surface area contributed by atoms with Crippen molar-refractivity contribution in [1.82, 2.24) is 10.2 Å². The fourth-order valence-electron chi connectivity index (χ4n) is 2.91. The summed E-state index contributed by atoms with van der Waals surface area (Å²) in [5.41, 5.74) is 0. The summed E-state index contributed by atoms with van der Waals surface area (Å²) < 4.78 is 5.19. The zero-order valence-corrected chi connectivity index (χ0v) is 13.2. The summed E-state index contributed by atoms with van der Waals surface area (Å²) >= 11 is 0. The normalized spacial score (nSPS) is 29.1. The number of ether oxygens (including phenoxy) is 1. The third kappa shape index (κ3) is 4.74. The van der Waals surface area contributed by atoms with Crippen LogP contribution in [0.4, 0.5) is 0 Å². The van der Waals surface area contributed by atoms with Gasteiger partial charge in [-0.3, -0.25) is 4.79 Å². The van der Waals surface area contributed by atoms with Crippen LogP contribution in [0.2, 0.25) is 0 Å². The molecule has 3 unspecified atom stereocenters. The van der Waals surface area contributed by atoms with Gasteiger partial charge in [-0.25, -0.2) is 0 Å². The Morgan fingerprint density at radius 3 is 2.65 bits per heavy atom. The SMILES string of the molecule is CCOC(=O)C(CCN1CCC(C)C(C)C1)NC1CC1. The zero-order chi connectivity index (χ0) is 14.5. The van der Waals surface area contributed by atoms with Gasteiger partial charge in [0.2, 0.25) is 0 Å². The van der Waals surface area contributed by atoms with Crippen LogP contribution in [0.25, 0.3) is 0 Å². The molecule has 2 aliphatic rings. The topological polar surface area (TPSA) is 41.6 Å². The summed E-state index contributed by atoms with van der Waals surface area (Å²) in [6, 6.07) is 0.432. The monoisotopic (exact) mass is 282 g/mol. The lowest BCUT2D eigenvalue weighted by molar-refractivity contribution is -0.146. The Morgan fingerprint density at radius 2 is 2.05 bits per heavy atom. The van der Waals surface area contributed by atoms with Crippen LogP contribution in [0, 0.1) is 11.8 Å². The number of nitrogens with one attached hydrogen (secondary N) is 1. The predicted molar refractivity (Wildman–Crippen MR) is 80.6 cm³/mol. The number of hydrogen-bond donors (Lipinski definition) is 1. The third-order valence-corrected chi connectivity index (χ3v) is 4.74. The maximum Gasteiger partial charge on any atom is 0.323 e. The van der Waals surface area contributed by atoms with E-state index in [2.05, 4.69) is 24.1 Å². The Hall–Kier alpha value is -0.610. The molecule has 1 aliphatic heterocycles. The number of nitrogens with zero attached hydrogens (tertiary/aromatic N) is 1. The van der Waals surface area contributed by atoms with Crippen molar-refractivity contribution in [3.8, 4) is 0 Å².